The van der Waals surface area contributed by atoms with Crippen LogP contribution in [-0.4, -0.2) is 85.9 Å². The quantitative estimate of drug-likeness (QED) is 0.0444. The van der Waals surface area contributed by atoms with E-state index >= 15 is 0 Å². The number of amides is 2. The summed E-state index contributed by atoms with van der Waals surface area (Å²) in [5.41, 5.74) is 5.45. The molecule has 0 bridgehead atoms. The van der Waals surface area contributed by atoms with Gasteiger partial charge >= 0.3 is 17.9 Å². The van der Waals surface area contributed by atoms with Crippen LogP contribution in [0.3, 0.4) is 0 Å². The highest BCUT2D eigenvalue weighted by atomic mass is 32.2. The minimum absolute atomic E-state index is 0.0322. The molecule has 0 rings (SSSR count). The molecule has 0 saturated heterocycles. The van der Waals surface area contributed by atoms with Gasteiger partial charge in [-0.15, -0.1) is 11.8 Å². The van der Waals surface area contributed by atoms with Crippen LogP contribution in [0, 0.1) is 0 Å². The number of rotatable bonds is 25. The molecular weight excluding hydrogens is 578 g/mol. The Morgan fingerprint density at radius 2 is 1.58 bits per heavy atom. The van der Waals surface area contributed by atoms with Crippen molar-refractivity contribution in [1.29, 1.82) is 0 Å². The van der Waals surface area contributed by atoms with Crippen LogP contribution in [0.25, 0.3) is 0 Å². The number of allylic oxidation sites excluding steroid dienone is 7. The molecule has 2 amide bonds. The molecule has 0 fully saturated rings. The molecule has 0 aliphatic carbocycles. The second kappa shape index (κ2) is 25.1. The fraction of sp³-hybridized carbons (Fsp3) is 0.567. The lowest BCUT2D eigenvalue weighted by atomic mass is 10.1. The Balaban J connectivity index is 5.28. The van der Waals surface area contributed by atoms with Gasteiger partial charge < -0.3 is 36.8 Å². The zero-order chi connectivity index (χ0) is 32.5. The van der Waals surface area contributed by atoms with Crippen molar-refractivity contribution in [2.75, 3.05) is 12.3 Å². The molecule has 0 aliphatic rings. The number of hydrogen-bond acceptors (Lipinski definition) is 8. The number of carboxylic acids is 3. The van der Waals surface area contributed by atoms with Crippen LogP contribution >= 0.6 is 11.8 Å². The van der Waals surface area contributed by atoms with Gasteiger partial charge in [-0.05, 0) is 32.1 Å². The van der Waals surface area contributed by atoms with E-state index < -0.39 is 59.7 Å². The zero-order valence-corrected chi connectivity index (χ0v) is 25.5. The lowest BCUT2D eigenvalue weighted by Crippen LogP contribution is -2.50. The van der Waals surface area contributed by atoms with Crippen LogP contribution in [0.5, 0.6) is 0 Å². The highest BCUT2D eigenvalue weighted by Gasteiger charge is 2.25. The first-order valence-corrected chi connectivity index (χ1v) is 15.5. The van der Waals surface area contributed by atoms with Crippen molar-refractivity contribution >= 4 is 41.5 Å². The topological polar surface area (TPSA) is 216 Å². The first kappa shape index (κ1) is 39.6. The van der Waals surface area contributed by atoms with Crippen LogP contribution in [0.4, 0.5) is 0 Å². The normalized spacial score (nSPS) is 14.7. The maximum Gasteiger partial charge on any atom is 0.322 e. The lowest BCUT2D eigenvalue weighted by Gasteiger charge is -2.23. The van der Waals surface area contributed by atoms with Gasteiger partial charge in [0.15, 0.2) is 0 Å². The maximum atomic E-state index is 12.7. The van der Waals surface area contributed by atoms with Gasteiger partial charge in [-0.3, -0.25) is 24.0 Å². The van der Waals surface area contributed by atoms with Crippen molar-refractivity contribution in [3.63, 3.8) is 0 Å². The molecular formula is C30H47N3O9S. The van der Waals surface area contributed by atoms with Crippen molar-refractivity contribution in [3.8, 4) is 0 Å². The van der Waals surface area contributed by atoms with Gasteiger partial charge in [-0.25, -0.2) is 0 Å². The highest BCUT2D eigenvalue weighted by molar-refractivity contribution is 8.00. The summed E-state index contributed by atoms with van der Waals surface area (Å²) < 4.78 is 0. The molecule has 0 aromatic rings. The van der Waals surface area contributed by atoms with Crippen molar-refractivity contribution in [1.82, 2.24) is 10.6 Å². The van der Waals surface area contributed by atoms with Crippen LogP contribution in [0.15, 0.2) is 48.6 Å². The lowest BCUT2D eigenvalue weighted by molar-refractivity contribution is -0.139. The summed E-state index contributed by atoms with van der Waals surface area (Å²) in [5, 5.41) is 41.7. The number of hydrogen-bond donors (Lipinski definition) is 7. The third-order valence-electron chi connectivity index (χ3n) is 5.97. The molecule has 0 saturated carbocycles. The van der Waals surface area contributed by atoms with Crippen LogP contribution in [0.2, 0.25) is 0 Å². The largest absolute Gasteiger partial charge is 0.481 e. The maximum absolute atomic E-state index is 12.7. The fourth-order valence-electron chi connectivity index (χ4n) is 3.54. The Hall–Kier alpha value is -3.42. The van der Waals surface area contributed by atoms with E-state index in [1.165, 1.54) is 11.8 Å². The molecule has 0 unspecified atom stereocenters. The molecule has 0 aromatic carbocycles. The summed E-state index contributed by atoms with van der Waals surface area (Å²) in [6.07, 6.45) is 19.3. The molecule has 13 heteroatoms. The molecule has 0 spiro atoms. The second-order valence-electron chi connectivity index (χ2n) is 9.77. The number of aliphatic carboxylic acids is 3. The van der Waals surface area contributed by atoms with Gasteiger partial charge in [-0.1, -0.05) is 74.8 Å². The van der Waals surface area contributed by atoms with Gasteiger partial charge in [0, 0.05) is 23.8 Å². The monoisotopic (exact) mass is 625 g/mol. The van der Waals surface area contributed by atoms with Crippen LogP contribution in [0.1, 0.15) is 71.1 Å². The number of nitrogens with two attached hydrogens (primary N) is 1. The van der Waals surface area contributed by atoms with Gasteiger partial charge in [-0.2, -0.15) is 0 Å². The highest BCUT2D eigenvalue weighted by Crippen LogP contribution is 2.22. The Labute approximate surface area is 257 Å². The van der Waals surface area contributed by atoms with Gasteiger partial charge in [0.25, 0.3) is 0 Å². The third-order valence-corrected chi connectivity index (χ3v) is 7.36. The number of thioether (sulfide) groups is 1. The second-order valence-corrected chi connectivity index (χ2v) is 11.0. The zero-order valence-electron chi connectivity index (χ0n) is 24.7. The standard InChI is InChI=1S/C30H47N3O9S/c1-2-3-12-15-24(34)25(16-13-10-8-6-4-5-7-9-11-14-17-27(36)37)43-21-23(29(40)32-20-28(38)39)33-26(35)19-18-22(31)30(41)42/h4,6-10,13,16,22-25,34H,2-3,5,11-12,14-15,17-21,31H2,1H3,(H,32,40)(H,33,35)(H,36,37)(H,38,39)(H,41,42)/b6-4-,9-7-,10-8+,16-13+/t22-,23-,24-,25+/m0/s1. The number of nitrogens with one attached hydrogen (secondary N) is 2. The number of aliphatic hydroxyl groups is 1. The molecule has 4 atom stereocenters. The fourth-order valence-corrected chi connectivity index (χ4v) is 4.75. The predicted octanol–water partition coefficient (Wildman–Crippen LogP) is 2.78. The van der Waals surface area contributed by atoms with E-state index in [9.17, 15) is 29.1 Å². The number of carbonyl (C=O) groups excluding carboxylic acids is 2. The van der Waals surface area contributed by atoms with Crippen molar-refractivity contribution in [3.05, 3.63) is 48.6 Å². The Bertz CT molecular complexity index is 982. The van der Waals surface area contributed by atoms with E-state index in [2.05, 4.69) is 17.6 Å². The van der Waals surface area contributed by atoms with Gasteiger partial charge in [0.05, 0.1) is 6.10 Å². The van der Waals surface area contributed by atoms with Crippen LogP contribution < -0.4 is 16.4 Å². The minimum atomic E-state index is -1.25. The molecule has 43 heavy (non-hydrogen) atoms. The smallest absolute Gasteiger partial charge is 0.322 e. The third kappa shape index (κ3) is 22.8. The predicted molar refractivity (Wildman–Crippen MR) is 166 cm³/mol. The van der Waals surface area contributed by atoms with Crippen molar-refractivity contribution < 1.29 is 44.4 Å². The molecule has 0 radical (unpaired) electrons. The minimum Gasteiger partial charge on any atom is -0.481 e. The molecule has 0 heterocycles. The summed E-state index contributed by atoms with van der Waals surface area (Å²) in [6, 6.07) is -2.35. The van der Waals surface area contributed by atoms with Crippen molar-refractivity contribution in [2.45, 2.75) is 94.6 Å². The SMILES string of the molecule is CCCCC[C@H](O)[C@@H](/C=C/C=C/C=C\C/C=C\CCCC(=O)O)SC[C@H](NC(=O)CC[C@H](N)C(=O)O)C(=O)NCC(=O)O. The molecule has 0 aromatic heterocycles. The average molecular weight is 626 g/mol. The average Bonchev–Trinajstić information content (AvgIpc) is 2.95. The number of carboxylic acid groups (broad SMARTS) is 3. The Morgan fingerprint density at radius 1 is 0.860 bits per heavy atom. The van der Waals surface area contributed by atoms with E-state index in [1.54, 1.807) is 18.2 Å². The van der Waals surface area contributed by atoms with Gasteiger partial charge in [0.2, 0.25) is 11.8 Å². The summed E-state index contributed by atoms with van der Waals surface area (Å²) in [4.78, 5) is 57.4. The summed E-state index contributed by atoms with van der Waals surface area (Å²) in [6.45, 7) is 1.42. The first-order chi connectivity index (χ1) is 20.5. The number of aliphatic hydroxyl groups excluding tert-OH is 1. The summed E-state index contributed by atoms with van der Waals surface area (Å²) in [5.74, 6) is -4.59. The number of unbranched alkanes of at least 4 members (excludes halogenated alkanes) is 3. The molecule has 8 N–H and O–H groups in total. The molecule has 0 aliphatic heterocycles. The van der Waals surface area contributed by atoms with Crippen LogP contribution in [-0.2, 0) is 24.0 Å². The van der Waals surface area contributed by atoms with Gasteiger partial charge in [0.1, 0.15) is 18.6 Å². The van der Waals surface area contributed by atoms with E-state index in [0.717, 1.165) is 19.3 Å². The summed E-state index contributed by atoms with van der Waals surface area (Å²) >= 11 is 1.24. The van der Waals surface area contributed by atoms with E-state index in [4.69, 9.17) is 21.1 Å². The van der Waals surface area contributed by atoms with E-state index in [1.807, 2.05) is 30.4 Å². The molecule has 12 nitrogen and oxygen atoms in total. The molecule has 242 valence electrons. The number of carbonyl (C=O) groups is 5. The van der Waals surface area contributed by atoms with E-state index in [-0.39, 0.29) is 25.0 Å². The Kier molecular flexibility index (Phi) is 23.1. The van der Waals surface area contributed by atoms with Crippen molar-refractivity contribution in [2.24, 2.45) is 5.73 Å². The van der Waals surface area contributed by atoms with E-state index in [0.29, 0.717) is 25.7 Å². The first-order valence-electron chi connectivity index (χ1n) is 14.4. The Morgan fingerprint density at radius 3 is 2.23 bits per heavy atom. The summed E-state index contributed by atoms with van der Waals surface area (Å²) in [7, 11) is 0.